The van der Waals surface area contributed by atoms with Crippen LogP contribution in [0.5, 0.6) is 0 Å². The fourth-order valence-corrected chi connectivity index (χ4v) is 4.94. The van der Waals surface area contributed by atoms with Gasteiger partial charge >= 0.3 is 12.1 Å². The van der Waals surface area contributed by atoms with E-state index in [1.54, 1.807) is 0 Å². The van der Waals surface area contributed by atoms with Crippen molar-refractivity contribution in [3.63, 3.8) is 0 Å². The molecule has 4 rings (SSSR count). The maximum Gasteiger partial charge on any atom is 0.407 e. The van der Waals surface area contributed by atoms with Crippen LogP contribution in [0, 0.1) is 5.92 Å². The maximum atomic E-state index is 13.3. The lowest BCUT2D eigenvalue weighted by atomic mass is 9.98. The second-order valence-electron chi connectivity index (χ2n) is 9.93. The Kier molecular flexibility index (Phi) is 8.79. The van der Waals surface area contributed by atoms with E-state index in [0.29, 0.717) is 6.42 Å². The number of esters is 1. The molecule has 38 heavy (non-hydrogen) atoms. The first-order valence-electron chi connectivity index (χ1n) is 12.9. The van der Waals surface area contributed by atoms with E-state index in [1.165, 1.54) is 7.11 Å². The number of amides is 2. The first kappa shape index (κ1) is 26.9. The van der Waals surface area contributed by atoms with Crippen LogP contribution in [0.25, 0.3) is 11.1 Å². The average molecular weight is 515 g/mol. The zero-order valence-corrected chi connectivity index (χ0v) is 22.0. The summed E-state index contributed by atoms with van der Waals surface area (Å²) in [6.45, 7) is 4.05. The minimum atomic E-state index is -0.938. The molecule has 1 aliphatic rings. The van der Waals surface area contributed by atoms with Crippen molar-refractivity contribution < 1.29 is 23.9 Å². The number of rotatable bonds is 10. The van der Waals surface area contributed by atoms with E-state index in [0.717, 1.165) is 27.8 Å². The molecule has 0 bridgehead atoms. The zero-order chi connectivity index (χ0) is 27.1. The van der Waals surface area contributed by atoms with Crippen LogP contribution in [0.1, 0.15) is 42.9 Å². The van der Waals surface area contributed by atoms with E-state index < -0.39 is 30.1 Å². The number of ether oxygens (including phenoxy) is 2. The minimum absolute atomic E-state index is 0.0932. The fourth-order valence-electron chi connectivity index (χ4n) is 4.94. The third-order valence-corrected chi connectivity index (χ3v) is 6.74. The van der Waals surface area contributed by atoms with Gasteiger partial charge in [0.05, 0.1) is 7.11 Å². The van der Waals surface area contributed by atoms with Crippen LogP contribution in [-0.4, -0.2) is 43.8 Å². The monoisotopic (exact) mass is 514 g/mol. The molecule has 2 amide bonds. The Labute approximate surface area is 223 Å². The first-order valence-corrected chi connectivity index (χ1v) is 12.9. The molecule has 3 aromatic carbocycles. The van der Waals surface area contributed by atoms with Gasteiger partial charge in [-0.15, -0.1) is 0 Å². The first-order chi connectivity index (χ1) is 18.4. The van der Waals surface area contributed by atoms with Gasteiger partial charge in [0.15, 0.2) is 0 Å². The molecule has 0 fully saturated rings. The normalized spacial score (nSPS) is 13.7. The Morgan fingerprint density at radius 2 is 1.37 bits per heavy atom. The summed E-state index contributed by atoms with van der Waals surface area (Å²) in [6.07, 6.45) is -0.0326. The summed E-state index contributed by atoms with van der Waals surface area (Å²) in [5.74, 6) is -0.934. The molecule has 2 N–H and O–H groups in total. The smallest absolute Gasteiger partial charge is 0.407 e. The van der Waals surface area contributed by atoms with Gasteiger partial charge in [0, 0.05) is 12.3 Å². The van der Waals surface area contributed by atoms with Crippen molar-refractivity contribution in [1.29, 1.82) is 0 Å². The highest BCUT2D eigenvalue weighted by Gasteiger charge is 2.31. The van der Waals surface area contributed by atoms with Crippen LogP contribution in [-0.2, 0) is 25.5 Å². The number of nitrogens with one attached hydrogen (secondary N) is 2. The largest absolute Gasteiger partial charge is 0.467 e. The number of hydrogen-bond donors (Lipinski definition) is 2. The standard InChI is InChI=1S/C31H34N2O5/c1-20(2)17-28(30(35)37-3)32-29(34)27(18-21-11-5-4-6-12-21)33-31(36)38-19-26-24-15-9-7-13-22(24)23-14-8-10-16-25(23)26/h4-16,20,26-28H,17-19H2,1-3H3,(H,32,34)(H,33,36). The molecule has 0 saturated heterocycles. The zero-order valence-electron chi connectivity index (χ0n) is 22.0. The van der Waals surface area contributed by atoms with Crippen LogP contribution >= 0.6 is 0 Å². The highest BCUT2D eigenvalue weighted by Crippen LogP contribution is 2.44. The van der Waals surface area contributed by atoms with E-state index in [4.69, 9.17) is 9.47 Å². The van der Waals surface area contributed by atoms with Crippen molar-refractivity contribution >= 4 is 18.0 Å². The van der Waals surface area contributed by atoms with Crippen molar-refractivity contribution in [3.05, 3.63) is 95.6 Å². The number of carbonyl (C=O) groups excluding carboxylic acids is 3. The fraction of sp³-hybridized carbons (Fsp3) is 0.323. The van der Waals surface area contributed by atoms with Gasteiger partial charge in [-0.2, -0.15) is 0 Å². The van der Waals surface area contributed by atoms with Crippen LogP contribution in [0.3, 0.4) is 0 Å². The molecule has 0 aromatic heterocycles. The lowest BCUT2D eigenvalue weighted by Gasteiger charge is -2.23. The SMILES string of the molecule is COC(=O)C(CC(C)C)NC(=O)C(Cc1ccccc1)NC(=O)OCC1c2ccccc2-c2ccccc21. The number of hydrogen-bond acceptors (Lipinski definition) is 5. The third-order valence-electron chi connectivity index (χ3n) is 6.74. The second-order valence-corrected chi connectivity index (χ2v) is 9.93. The molecule has 7 nitrogen and oxygen atoms in total. The van der Waals surface area contributed by atoms with Crippen LogP contribution in [0.4, 0.5) is 4.79 Å². The van der Waals surface area contributed by atoms with E-state index in [1.807, 2.05) is 68.4 Å². The van der Waals surface area contributed by atoms with Gasteiger partial charge in [-0.05, 0) is 40.2 Å². The average Bonchev–Trinajstić information content (AvgIpc) is 3.24. The van der Waals surface area contributed by atoms with Gasteiger partial charge in [-0.3, -0.25) is 4.79 Å². The van der Waals surface area contributed by atoms with Crippen molar-refractivity contribution in [1.82, 2.24) is 10.6 Å². The molecule has 1 aliphatic carbocycles. The van der Waals surface area contributed by atoms with Gasteiger partial charge < -0.3 is 20.1 Å². The molecule has 7 heteroatoms. The van der Waals surface area contributed by atoms with Crippen LogP contribution in [0.2, 0.25) is 0 Å². The number of carbonyl (C=O) groups is 3. The van der Waals surface area contributed by atoms with E-state index in [-0.39, 0.29) is 24.9 Å². The van der Waals surface area contributed by atoms with E-state index in [2.05, 4.69) is 34.9 Å². The number of methoxy groups -OCH3 is 1. The number of fused-ring (bicyclic) bond motifs is 3. The summed E-state index contributed by atoms with van der Waals surface area (Å²) in [5.41, 5.74) is 5.35. The Bertz CT molecular complexity index is 1230. The molecule has 198 valence electrons. The molecule has 0 spiro atoms. The molecule has 0 heterocycles. The van der Waals surface area contributed by atoms with Crippen molar-refractivity contribution in [2.45, 2.75) is 44.7 Å². The molecular weight excluding hydrogens is 480 g/mol. The van der Waals surface area contributed by atoms with Gasteiger partial charge in [0.2, 0.25) is 5.91 Å². The second kappa shape index (κ2) is 12.4. The predicted molar refractivity (Wildman–Crippen MR) is 146 cm³/mol. The number of alkyl carbamates (subject to hydrolysis) is 1. The highest BCUT2D eigenvalue weighted by atomic mass is 16.5. The molecule has 2 unspecified atom stereocenters. The summed E-state index contributed by atoms with van der Waals surface area (Å²) in [4.78, 5) is 38.6. The van der Waals surface area contributed by atoms with E-state index in [9.17, 15) is 14.4 Å². The van der Waals surface area contributed by atoms with Crippen molar-refractivity contribution in [3.8, 4) is 11.1 Å². The third kappa shape index (κ3) is 6.40. The van der Waals surface area contributed by atoms with Crippen LogP contribution < -0.4 is 10.6 Å². The Morgan fingerprint density at radius 1 is 0.789 bits per heavy atom. The Balaban J connectivity index is 1.47. The van der Waals surface area contributed by atoms with Gasteiger partial charge in [-0.25, -0.2) is 9.59 Å². The summed E-state index contributed by atoms with van der Waals surface area (Å²) in [6, 6.07) is 23.8. The molecule has 0 radical (unpaired) electrons. The Hall–Kier alpha value is -4.13. The summed E-state index contributed by atoms with van der Waals surface area (Å²) < 4.78 is 10.6. The lowest BCUT2D eigenvalue weighted by Crippen LogP contribution is -2.53. The molecule has 0 saturated carbocycles. The molecule has 2 atom stereocenters. The summed E-state index contributed by atoms with van der Waals surface area (Å²) >= 11 is 0. The van der Waals surface area contributed by atoms with Crippen molar-refractivity contribution in [2.75, 3.05) is 13.7 Å². The van der Waals surface area contributed by atoms with Crippen LogP contribution in [0.15, 0.2) is 78.9 Å². The van der Waals surface area contributed by atoms with Gasteiger partial charge in [-0.1, -0.05) is 92.7 Å². The summed E-state index contributed by atoms with van der Waals surface area (Å²) in [5, 5.41) is 5.49. The molecule has 0 aliphatic heterocycles. The maximum absolute atomic E-state index is 13.3. The Morgan fingerprint density at radius 3 is 1.95 bits per heavy atom. The lowest BCUT2D eigenvalue weighted by molar-refractivity contribution is -0.145. The van der Waals surface area contributed by atoms with Crippen molar-refractivity contribution in [2.24, 2.45) is 5.92 Å². The van der Waals surface area contributed by atoms with Gasteiger partial charge in [0.25, 0.3) is 0 Å². The molecular formula is C31H34N2O5. The summed E-state index contributed by atoms with van der Waals surface area (Å²) in [7, 11) is 1.29. The number of benzene rings is 3. The quantitative estimate of drug-likeness (QED) is 0.378. The molecule has 3 aromatic rings. The minimum Gasteiger partial charge on any atom is -0.467 e. The van der Waals surface area contributed by atoms with Gasteiger partial charge in [0.1, 0.15) is 18.7 Å². The predicted octanol–water partition coefficient (Wildman–Crippen LogP) is 4.84. The van der Waals surface area contributed by atoms with E-state index >= 15 is 0 Å². The topological polar surface area (TPSA) is 93.7 Å². The highest BCUT2D eigenvalue weighted by molar-refractivity contribution is 5.90.